The van der Waals surface area contributed by atoms with Gasteiger partial charge in [-0.25, -0.2) is 18.2 Å². The third-order valence-corrected chi connectivity index (χ3v) is 5.70. The third kappa shape index (κ3) is 4.10. The molecule has 3 N–H and O–H groups in total. The number of halogens is 3. The molecule has 0 bridgehead atoms. The molecule has 0 fully saturated rings. The number of nitrogens with two attached hydrogens (primary N) is 1. The highest BCUT2D eigenvalue weighted by Gasteiger charge is 2.40. The van der Waals surface area contributed by atoms with Crippen LogP contribution in [0.25, 0.3) is 28.1 Å². The minimum atomic E-state index is -4.76. The van der Waals surface area contributed by atoms with E-state index < -0.39 is 21.9 Å². The summed E-state index contributed by atoms with van der Waals surface area (Å²) >= 11 is 0. The molecule has 4 rings (SSSR count). The van der Waals surface area contributed by atoms with Gasteiger partial charge in [-0.2, -0.15) is 18.3 Å². The van der Waals surface area contributed by atoms with E-state index >= 15 is 0 Å². The van der Waals surface area contributed by atoms with E-state index in [0.29, 0.717) is 5.56 Å². The van der Waals surface area contributed by atoms with Gasteiger partial charge in [0.05, 0.1) is 16.3 Å². The number of benzene rings is 3. The molecule has 0 radical (unpaired) electrons. The van der Waals surface area contributed by atoms with E-state index in [4.69, 9.17) is 5.14 Å². The van der Waals surface area contributed by atoms with Gasteiger partial charge in [0.15, 0.2) is 5.69 Å². The number of phenols is 1. The molecule has 4 aromatic rings. The van der Waals surface area contributed by atoms with Gasteiger partial charge in [-0.1, -0.05) is 42.5 Å². The van der Waals surface area contributed by atoms with Gasteiger partial charge in [0.2, 0.25) is 10.0 Å². The van der Waals surface area contributed by atoms with E-state index in [0.717, 1.165) is 4.68 Å². The van der Waals surface area contributed by atoms with Crippen molar-refractivity contribution in [1.29, 1.82) is 0 Å². The van der Waals surface area contributed by atoms with Crippen LogP contribution < -0.4 is 5.14 Å². The fraction of sp³-hybridized carbons (Fsp3) is 0.0455. The Balaban J connectivity index is 2.07. The van der Waals surface area contributed by atoms with Gasteiger partial charge in [-0.15, -0.1) is 0 Å². The van der Waals surface area contributed by atoms with Crippen LogP contribution in [0.4, 0.5) is 13.2 Å². The third-order valence-electron chi connectivity index (χ3n) is 4.77. The fourth-order valence-corrected chi connectivity index (χ4v) is 3.86. The zero-order chi connectivity index (χ0) is 23.1. The lowest BCUT2D eigenvalue weighted by molar-refractivity contribution is -0.140. The molecule has 0 unspecified atom stereocenters. The Bertz CT molecular complexity index is 1360. The van der Waals surface area contributed by atoms with Crippen molar-refractivity contribution in [3.8, 4) is 33.8 Å². The number of sulfonamides is 1. The Hall–Kier alpha value is -3.63. The lowest BCUT2D eigenvalue weighted by atomic mass is 9.98. The molecule has 0 amide bonds. The maximum atomic E-state index is 14.0. The quantitative estimate of drug-likeness (QED) is 0.467. The van der Waals surface area contributed by atoms with Gasteiger partial charge in [-0.05, 0) is 42.0 Å². The summed E-state index contributed by atoms with van der Waals surface area (Å²) < 4.78 is 66.4. The number of aromatic hydroxyl groups is 1. The average molecular weight is 459 g/mol. The number of rotatable bonds is 4. The topological polar surface area (TPSA) is 98.2 Å². The first-order valence-corrected chi connectivity index (χ1v) is 10.8. The predicted molar refractivity (Wildman–Crippen MR) is 112 cm³/mol. The molecule has 6 nitrogen and oxygen atoms in total. The van der Waals surface area contributed by atoms with Gasteiger partial charge >= 0.3 is 6.18 Å². The minimum absolute atomic E-state index is 0.0562. The monoisotopic (exact) mass is 459 g/mol. The van der Waals surface area contributed by atoms with E-state index in [1.165, 1.54) is 60.7 Å². The van der Waals surface area contributed by atoms with Crippen LogP contribution in [0.15, 0.2) is 83.8 Å². The summed E-state index contributed by atoms with van der Waals surface area (Å²) in [6.45, 7) is 0. The Kier molecular flexibility index (Phi) is 5.27. The molecule has 164 valence electrons. The Morgan fingerprint density at radius 1 is 0.844 bits per heavy atom. The number of hydrogen-bond acceptors (Lipinski definition) is 4. The van der Waals surface area contributed by atoms with Crippen molar-refractivity contribution in [2.75, 3.05) is 0 Å². The highest BCUT2D eigenvalue weighted by molar-refractivity contribution is 7.89. The van der Waals surface area contributed by atoms with Crippen LogP contribution in [0.2, 0.25) is 0 Å². The van der Waals surface area contributed by atoms with Crippen molar-refractivity contribution in [2.24, 2.45) is 5.14 Å². The summed E-state index contributed by atoms with van der Waals surface area (Å²) in [6.07, 6.45) is -4.76. The van der Waals surface area contributed by atoms with Crippen molar-refractivity contribution in [3.63, 3.8) is 0 Å². The molecule has 32 heavy (non-hydrogen) atoms. The molecule has 3 aromatic carbocycles. The summed E-state index contributed by atoms with van der Waals surface area (Å²) in [7, 11) is -3.98. The molecule has 0 saturated heterocycles. The summed E-state index contributed by atoms with van der Waals surface area (Å²) in [5.74, 6) is -0.0562. The lowest BCUT2D eigenvalue weighted by Gasteiger charge is -2.12. The molecule has 10 heteroatoms. The van der Waals surface area contributed by atoms with E-state index in [9.17, 15) is 26.7 Å². The van der Waals surface area contributed by atoms with Crippen LogP contribution in [0.1, 0.15) is 5.69 Å². The first-order valence-electron chi connectivity index (χ1n) is 9.24. The maximum absolute atomic E-state index is 14.0. The number of primary sulfonamides is 1. The molecule has 0 saturated carbocycles. The summed E-state index contributed by atoms with van der Waals surface area (Å²) in [5.41, 5.74) is -0.282. The van der Waals surface area contributed by atoms with Crippen LogP contribution in [0, 0.1) is 0 Å². The molecule has 0 aliphatic rings. The maximum Gasteiger partial charge on any atom is 0.435 e. The Morgan fingerprint density at radius 3 is 1.97 bits per heavy atom. The average Bonchev–Trinajstić information content (AvgIpc) is 3.15. The van der Waals surface area contributed by atoms with Gasteiger partial charge in [0.1, 0.15) is 5.75 Å². The van der Waals surface area contributed by atoms with Crippen molar-refractivity contribution >= 4 is 10.0 Å². The number of phenolic OH excluding ortho intramolecular Hbond substituents is 1. The zero-order valence-electron chi connectivity index (χ0n) is 16.3. The van der Waals surface area contributed by atoms with Crippen LogP contribution in [-0.2, 0) is 16.2 Å². The van der Waals surface area contributed by atoms with E-state index in [2.05, 4.69) is 5.10 Å². The van der Waals surface area contributed by atoms with E-state index in [1.807, 2.05) is 0 Å². The predicted octanol–water partition coefficient (Wildman–Crippen LogP) is 4.58. The van der Waals surface area contributed by atoms with Crippen LogP contribution in [-0.4, -0.2) is 23.3 Å². The molecule has 1 heterocycles. The standard InChI is InChI=1S/C22H16F3N3O3S/c23-22(24,25)21-19(14-4-2-1-3-5-14)20(15-6-12-18(13-7-15)32(26,30)31)28(27-21)16-8-10-17(29)11-9-16/h1-13,29H,(H2,26,30,31). The SMILES string of the molecule is NS(=O)(=O)c1ccc(-c2c(-c3ccccc3)c(C(F)(F)F)nn2-c2ccc(O)cc2)cc1. The number of nitrogens with zero attached hydrogens (tertiary/aromatic N) is 2. The van der Waals surface area contributed by atoms with Gasteiger partial charge < -0.3 is 5.11 Å². The number of aromatic nitrogens is 2. The normalized spacial score (nSPS) is 12.1. The molecule has 0 aliphatic heterocycles. The number of alkyl halides is 3. The van der Waals surface area contributed by atoms with Crippen molar-refractivity contribution in [2.45, 2.75) is 11.1 Å². The summed E-state index contributed by atoms with van der Waals surface area (Å²) in [5, 5.41) is 18.6. The van der Waals surface area contributed by atoms with Crippen LogP contribution in [0.5, 0.6) is 5.75 Å². The van der Waals surface area contributed by atoms with Crippen molar-refractivity contribution < 1.29 is 26.7 Å². The molecular weight excluding hydrogens is 443 g/mol. The van der Waals surface area contributed by atoms with E-state index in [1.54, 1.807) is 18.2 Å². The van der Waals surface area contributed by atoms with Crippen molar-refractivity contribution in [1.82, 2.24) is 9.78 Å². The summed E-state index contributed by atoms with van der Waals surface area (Å²) in [4.78, 5) is -0.172. The Labute approximate surface area is 181 Å². The highest BCUT2D eigenvalue weighted by atomic mass is 32.2. The van der Waals surface area contributed by atoms with Gasteiger partial charge in [0, 0.05) is 11.1 Å². The van der Waals surface area contributed by atoms with Crippen LogP contribution >= 0.6 is 0 Å². The molecule has 0 spiro atoms. The largest absolute Gasteiger partial charge is 0.508 e. The number of hydrogen-bond donors (Lipinski definition) is 2. The highest BCUT2D eigenvalue weighted by Crippen LogP contribution is 2.43. The second-order valence-corrected chi connectivity index (χ2v) is 8.50. The van der Waals surface area contributed by atoms with Crippen molar-refractivity contribution in [3.05, 3.63) is 84.6 Å². The van der Waals surface area contributed by atoms with Gasteiger partial charge in [-0.3, -0.25) is 0 Å². The molecule has 0 atom stereocenters. The summed E-state index contributed by atoms with van der Waals surface area (Å²) in [6, 6.07) is 18.7. The van der Waals surface area contributed by atoms with E-state index in [-0.39, 0.29) is 33.2 Å². The fourth-order valence-electron chi connectivity index (χ4n) is 3.34. The second kappa shape index (κ2) is 7.81. The minimum Gasteiger partial charge on any atom is -0.508 e. The smallest absolute Gasteiger partial charge is 0.435 e. The second-order valence-electron chi connectivity index (χ2n) is 6.93. The lowest BCUT2D eigenvalue weighted by Crippen LogP contribution is -2.11. The van der Waals surface area contributed by atoms with Crippen LogP contribution in [0.3, 0.4) is 0 Å². The molecular formula is C22H16F3N3O3S. The zero-order valence-corrected chi connectivity index (χ0v) is 17.1. The Morgan fingerprint density at radius 2 is 1.44 bits per heavy atom. The first-order chi connectivity index (χ1) is 15.1. The van der Waals surface area contributed by atoms with Gasteiger partial charge in [0.25, 0.3) is 0 Å². The molecule has 1 aromatic heterocycles. The first kappa shape index (κ1) is 21.6. The molecule has 0 aliphatic carbocycles.